The van der Waals surface area contributed by atoms with Crippen LogP contribution in [0, 0.1) is 5.92 Å². The fourth-order valence-electron chi connectivity index (χ4n) is 2.95. The van der Waals surface area contributed by atoms with Gasteiger partial charge < -0.3 is 9.63 Å². The summed E-state index contributed by atoms with van der Waals surface area (Å²) in [7, 11) is -3.31. The quantitative estimate of drug-likeness (QED) is 0.836. The first-order valence-electron chi connectivity index (χ1n) is 8.01. The van der Waals surface area contributed by atoms with Crippen LogP contribution in [0.3, 0.4) is 0 Å². The van der Waals surface area contributed by atoms with E-state index in [2.05, 4.69) is 10.1 Å². The van der Waals surface area contributed by atoms with Crippen LogP contribution in [0.2, 0.25) is 0 Å². The molecule has 1 aliphatic heterocycles. The Hall–Kier alpha value is -0.990. The lowest BCUT2D eigenvalue weighted by Crippen LogP contribution is -2.36. The Bertz CT molecular complexity index is 665. The third kappa shape index (κ3) is 2.79. The molecule has 1 aromatic rings. The van der Waals surface area contributed by atoms with E-state index in [1.54, 1.807) is 0 Å². The van der Waals surface area contributed by atoms with Crippen LogP contribution in [-0.2, 0) is 15.6 Å². The van der Waals surface area contributed by atoms with Crippen LogP contribution in [0.5, 0.6) is 0 Å². The van der Waals surface area contributed by atoms with Crippen LogP contribution in [0.1, 0.15) is 56.2 Å². The van der Waals surface area contributed by atoms with Gasteiger partial charge in [-0.25, -0.2) is 8.42 Å². The van der Waals surface area contributed by atoms with Gasteiger partial charge in [0.2, 0.25) is 10.0 Å². The van der Waals surface area contributed by atoms with Crippen molar-refractivity contribution in [1.82, 2.24) is 14.4 Å². The molecule has 2 heterocycles. The number of sulfonamides is 1. The smallest absolute Gasteiger partial charge is 0.260 e. The third-order valence-electron chi connectivity index (χ3n) is 4.87. The normalized spacial score (nSPS) is 30.0. The van der Waals surface area contributed by atoms with Crippen LogP contribution in [-0.4, -0.2) is 46.8 Å². The monoisotopic (exact) mass is 327 g/mol. The van der Waals surface area contributed by atoms with Crippen molar-refractivity contribution in [3.8, 4) is 0 Å². The first kappa shape index (κ1) is 14.6. The fraction of sp³-hybridized carbons (Fsp3) is 0.857. The van der Waals surface area contributed by atoms with Gasteiger partial charge in [-0.15, -0.1) is 0 Å². The summed E-state index contributed by atoms with van der Waals surface area (Å²) in [5.74, 6) is 1.90. The van der Waals surface area contributed by atoms with Gasteiger partial charge in [-0.1, -0.05) is 18.0 Å². The molecule has 0 amide bonds. The van der Waals surface area contributed by atoms with E-state index in [4.69, 9.17) is 4.52 Å². The second-order valence-corrected chi connectivity index (χ2v) is 8.98. The lowest BCUT2D eigenvalue weighted by molar-refractivity contribution is 0.0194. The molecular formula is C14H21N3O4S. The van der Waals surface area contributed by atoms with Gasteiger partial charge in [0.1, 0.15) is 0 Å². The van der Waals surface area contributed by atoms with Crippen molar-refractivity contribution in [2.24, 2.45) is 5.92 Å². The van der Waals surface area contributed by atoms with Gasteiger partial charge >= 0.3 is 0 Å². The Morgan fingerprint density at radius 1 is 1.32 bits per heavy atom. The summed E-state index contributed by atoms with van der Waals surface area (Å²) in [5.41, 5.74) is -1.34. The van der Waals surface area contributed by atoms with Gasteiger partial charge in [-0.05, 0) is 25.2 Å². The minimum Gasteiger partial charge on any atom is -0.379 e. The van der Waals surface area contributed by atoms with Crippen molar-refractivity contribution < 1.29 is 18.0 Å². The number of aliphatic hydroxyl groups is 1. The highest BCUT2D eigenvalue weighted by atomic mass is 32.2. The molecule has 1 atom stereocenters. The lowest BCUT2D eigenvalue weighted by atomic mass is 10.0. The average Bonchev–Trinajstić information content (AvgIpc) is 3.40. The van der Waals surface area contributed by atoms with Gasteiger partial charge in [-0.2, -0.15) is 9.29 Å². The minimum absolute atomic E-state index is 0.0201. The second kappa shape index (κ2) is 5.01. The zero-order valence-corrected chi connectivity index (χ0v) is 13.3. The summed E-state index contributed by atoms with van der Waals surface area (Å²) in [6, 6.07) is 0. The maximum atomic E-state index is 12.4. The summed E-state index contributed by atoms with van der Waals surface area (Å²) in [5, 5.41) is 14.6. The van der Waals surface area contributed by atoms with E-state index in [0.717, 1.165) is 32.1 Å². The average molecular weight is 327 g/mol. The van der Waals surface area contributed by atoms with Gasteiger partial charge in [0.25, 0.3) is 5.89 Å². The van der Waals surface area contributed by atoms with E-state index in [0.29, 0.717) is 30.6 Å². The molecule has 1 aromatic heterocycles. The molecule has 0 radical (unpaired) electrons. The molecule has 3 aliphatic rings. The Balaban J connectivity index is 1.45. The number of hydrogen-bond donors (Lipinski definition) is 1. The first-order chi connectivity index (χ1) is 10.5. The SMILES string of the molecule is O=S(=O)(CCC1CC1)N1CCC(O)(c2nc(C3CC3)no2)C1. The number of nitrogens with zero attached hydrogens (tertiary/aromatic N) is 3. The molecule has 2 aliphatic carbocycles. The van der Waals surface area contributed by atoms with Crippen LogP contribution in [0.25, 0.3) is 0 Å². The van der Waals surface area contributed by atoms with Crippen LogP contribution >= 0.6 is 0 Å². The highest BCUT2D eigenvalue weighted by Gasteiger charge is 2.47. The summed E-state index contributed by atoms with van der Waals surface area (Å²) >= 11 is 0. The molecule has 1 unspecified atom stereocenters. The van der Waals surface area contributed by atoms with Crippen LogP contribution in [0.15, 0.2) is 4.52 Å². The van der Waals surface area contributed by atoms with Crippen molar-refractivity contribution in [3.63, 3.8) is 0 Å². The molecule has 2 saturated carbocycles. The van der Waals surface area contributed by atoms with Crippen LogP contribution < -0.4 is 0 Å². The van der Waals surface area contributed by atoms with Crippen molar-refractivity contribution in [1.29, 1.82) is 0 Å². The predicted molar refractivity (Wildman–Crippen MR) is 77.5 cm³/mol. The van der Waals surface area contributed by atoms with E-state index in [9.17, 15) is 13.5 Å². The third-order valence-corrected chi connectivity index (χ3v) is 6.72. The van der Waals surface area contributed by atoms with E-state index >= 15 is 0 Å². The van der Waals surface area contributed by atoms with Gasteiger partial charge in [0.05, 0.1) is 12.3 Å². The zero-order valence-electron chi connectivity index (χ0n) is 12.4. The van der Waals surface area contributed by atoms with E-state index in [-0.39, 0.29) is 18.2 Å². The molecule has 0 aromatic carbocycles. The Labute approximate surface area is 129 Å². The topological polar surface area (TPSA) is 96.5 Å². The summed E-state index contributed by atoms with van der Waals surface area (Å²) in [4.78, 5) is 4.28. The van der Waals surface area contributed by atoms with Crippen LogP contribution in [0.4, 0.5) is 0 Å². The lowest BCUT2D eigenvalue weighted by Gasteiger charge is -2.19. The zero-order chi connectivity index (χ0) is 15.4. The number of hydrogen-bond acceptors (Lipinski definition) is 6. The van der Waals surface area contributed by atoms with E-state index < -0.39 is 15.6 Å². The minimum atomic E-state index is -3.31. The summed E-state index contributed by atoms with van der Waals surface area (Å²) < 4.78 is 31.3. The molecule has 0 spiro atoms. The maximum Gasteiger partial charge on any atom is 0.260 e. The molecule has 7 nitrogen and oxygen atoms in total. The highest BCUT2D eigenvalue weighted by molar-refractivity contribution is 7.89. The predicted octanol–water partition coefficient (Wildman–Crippen LogP) is 0.970. The van der Waals surface area contributed by atoms with Gasteiger partial charge in [0.15, 0.2) is 11.4 Å². The van der Waals surface area contributed by atoms with Crippen molar-refractivity contribution >= 4 is 10.0 Å². The second-order valence-electron chi connectivity index (χ2n) is 6.90. The fourth-order valence-corrected chi connectivity index (χ4v) is 4.62. The first-order valence-corrected chi connectivity index (χ1v) is 9.61. The molecule has 22 heavy (non-hydrogen) atoms. The molecular weight excluding hydrogens is 306 g/mol. The van der Waals surface area contributed by atoms with Gasteiger partial charge in [0, 0.05) is 18.9 Å². The molecule has 4 rings (SSSR count). The van der Waals surface area contributed by atoms with E-state index in [1.165, 1.54) is 4.31 Å². The van der Waals surface area contributed by atoms with Gasteiger partial charge in [-0.3, -0.25) is 0 Å². The molecule has 1 N–H and O–H groups in total. The maximum absolute atomic E-state index is 12.4. The van der Waals surface area contributed by atoms with Crippen molar-refractivity contribution in [2.45, 2.75) is 50.0 Å². The highest BCUT2D eigenvalue weighted by Crippen LogP contribution is 2.40. The molecule has 0 bridgehead atoms. The van der Waals surface area contributed by atoms with Crippen molar-refractivity contribution in [3.05, 3.63) is 11.7 Å². The summed E-state index contributed by atoms with van der Waals surface area (Å²) in [6.07, 6.45) is 5.43. The Kier molecular flexibility index (Phi) is 3.32. The summed E-state index contributed by atoms with van der Waals surface area (Å²) in [6.45, 7) is 0.330. The molecule has 1 saturated heterocycles. The number of rotatable bonds is 6. The molecule has 122 valence electrons. The molecule has 8 heteroatoms. The number of aromatic nitrogens is 2. The largest absolute Gasteiger partial charge is 0.379 e. The van der Waals surface area contributed by atoms with Crippen molar-refractivity contribution in [2.75, 3.05) is 18.8 Å². The molecule has 3 fully saturated rings. The standard InChI is InChI=1S/C14H21N3O4S/c18-14(13-15-12(16-21-13)11-3-4-11)6-7-17(9-14)22(19,20)8-5-10-1-2-10/h10-11,18H,1-9H2. The Morgan fingerprint density at radius 3 is 2.77 bits per heavy atom. The Morgan fingerprint density at radius 2 is 2.09 bits per heavy atom. The van der Waals surface area contributed by atoms with E-state index in [1.807, 2.05) is 0 Å². The number of β-amino-alcohol motifs (C(OH)–C–C–N with tert-alkyl or cyclic N) is 1.